The standard InChI is InChI=1S/C15H18N2O/c1-17(11-13-6-4-10-18-13)16-15-9-8-12-5-2-3-7-14(12)15/h2-7,10,15-16H,8-9,11H2,1H3. The molecule has 0 spiro atoms. The van der Waals surface area contributed by atoms with Gasteiger partial charge in [-0.25, -0.2) is 10.4 Å². The smallest absolute Gasteiger partial charge is 0.119 e. The van der Waals surface area contributed by atoms with E-state index in [9.17, 15) is 0 Å². The van der Waals surface area contributed by atoms with Gasteiger partial charge in [-0.3, -0.25) is 0 Å². The zero-order valence-corrected chi connectivity index (χ0v) is 10.6. The zero-order chi connectivity index (χ0) is 12.4. The highest BCUT2D eigenvalue weighted by atomic mass is 16.3. The number of nitrogens with one attached hydrogen (secondary N) is 1. The van der Waals surface area contributed by atoms with Crippen LogP contribution < -0.4 is 5.43 Å². The fourth-order valence-corrected chi connectivity index (χ4v) is 2.64. The van der Waals surface area contributed by atoms with Crippen LogP contribution in [0.5, 0.6) is 0 Å². The Morgan fingerprint density at radius 3 is 3.00 bits per heavy atom. The van der Waals surface area contributed by atoms with Crippen molar-refractivity contribution in [1.82, 2.24) is 10.4 Å². The van der Waals surface area contributed by atoms with E-state index in [4.69, 9.17) is 4.42 Å². The number of hydrazine groups is 1. The summed E-state index contributed by atoms with van der Waals surface area (Å²) in [7, 11) is 2.06. The SMILES string of the molecule is CN(Cc1ccco1)NC1CCc2ccccc21. The van der Waals surface area contributed by atoms with Crippen molar-refractivity contribution in [3.63, 3.8) is 0 Å². The number of fused-ring (bicyclic) bond motifs is 1. The molecule has 1 aliphatic rings. The Labute approximate surface area is 107 Å². The average molecular weight is 242 g/mol. The van der Waals surface area contributed by atoms with E-state index in [1.165, 1.54) is 24.0 Å². The third kappa shape index (κ3) is 2.33. The molecule has 3 nitrogen and oxygen atoms in total. The van der Waals surface area contributed by atoms with Crippen molar-refractivity contribution in [2.24, 2.45) is 0 Å². The van der Waals surface area contributed by atoms with Crippen LogP contribution in [0.25, 0.3) is 0 Å². The van der Waals surface area contributed by atoms with Crippen LogP contribution in [0.1, 0.15) is 29.3 Å². The minimum absolute atomic E-state index is 0.432. The topological polar surface area (TPSA) is 28.4 Å². The molecule has 1 N–H and O–H groups in total. The second-order valence-electron chi connectivity index (χ2n) is 4.85. The third-order valence-corrected chi connectivity index (χ3v) is 3.48. The predicted molar refractivity (Wildman–Crippen MR) is 70.8 cm³/mol. The Kier molecular flexibility index (Phi) is 3.17. The van der Waals surface area contributed by atoms with Gasteiger partial charge in [0.2, 0.25) is 0 Å². The van der Waals surface area contributed by atoms with Crippen molar-refractivity contribution < 1.29 is 4.42 Å². The molecule has 0 amide bonds. The van der Waals surface area contributed by atoms with Crippen LogP contribution in [0, 0.1) is 0 Å². The van der Waals surface area contributed by atoms with Gasteiger partial charge >= 0.3 is 0 Å². The van der Waals surface area contributed by atoms with Gasteiger partial charge < -0.3 is 4.42 Å². The molecule has 2 aromatic rings. The van der Waals surface area contributed by atoms with E-state index in [0.29, 0.717) is 6.04 Å². The summed E-state index contributed by atoms with van der Waals surface area (Å²) in [5, 5.41) is 2.10. The van der Waals surface area contributed by atoms with Gasteiger partial charge in [-0.2, -0.15) is 0 Å². The highest BCUT2D eigenvalue weighted by molar-refractivity contribution is 5.34. The number of aryl methyl sites for hydroxylation is 1. The number of furan rings is 1. The maximum Gasteiger partial charge on any atom is 0.119 e. The maximum absolute atomic E-state index is 5.36. The second-order valence-corrected chi connectivity index (χ2v) is 4.85. The van der Waals surface area contributed by atoms with E-state index < -0.39 is 0 Å². The first kappa shape index (κ1) is 11.5. The molecule has 1 aliphatic carbocycles. The lowest BCUT2D eigenvalue weighted by Crippen LogP contribution is -2.36. The van der Waals surface area contributed by atoms with E-state index in [0.717, 1.165) is 12.3 Å². The third-order valence-electron chi connectivity index (χ3n) is 3.48. The predicted octanol–water partition coefficient (Wildman–Crippen LogP) is 2.90. The van der Waals surface area contributed by atoms with Gasteiger partial charge in [0.1, 0.15) is 5.76 Å². The summed E-state index contributed by atoms with van der Waals surface area (Å²) in [6.45, 7) is 0.783. The summed E-state index contributed by atoms with van der Waals surface area (Å²) in [4.78, 5) is 0. The largest absolute Gasteiger partial charge is 0.468 e. The number of hydrogen-bond acceptors (Lipinski definition) is 3. The molecule has 1 unspecified atom stereocenters. The summed E-state index contributed by atoms with van der Waals surface area (Å²) in [5.74, 6) is 0.983. The lowest BCUT2D eigenvalue weighted by Gasteiger charge is -2.22. The molecular formula is C15H18N2O. The molecule has 0 bridgehead atoms. The Morgan fingerprint density at radius 2 is 2.17 bits per heavy atom. The van der Waals surface area contributed by atoms with Crippen molar-refractivity contribution in [2.45, 2.75) is 25.4 Å². The Morgan fingerprint density at radius 1 is 1.28 bits per heavy atom. The van der Waals surface area contributed by atoms with Gasteiger partial charge in [-0.1, -0.05) is 24.3 Å². The van der Waals surface area contributed by atoms with Crippen LogP contribution >= 0.6 is 0 Å². The first-order chi connectivity index (χ1) is 8.83. The monoisotopic (exact) mass is 242 g/mol. The van der Waals surface area contributed by atoms with Crippen LogP contribution in [-0.2, 0) is 13.0 Å². The second kappa shape index (κ2) is 4.96. The highest BCUT2D eigenvalue weighted by Crippen LogP contribution is 2.30. The van der Waals surface area contributed by atoms with E-state index in [-0.39, 0.29) is 0 Å². The van der Waals surface area contributed by atoms with Crippen molar-refractivity contribution in [2.75, 3.05) is 7.05 Å². The molecule has 18 heavy (non-hydrogen) atoms. The lowest BCUT2D eigenvalue weighted by molar-refractivity contribution is 0.175. The van der Waals surface area contributed by atoms with Crippen LogP contribution in [0.4, 0.5) is 0 Å². The van der Waals surface area contributed by atoms with E-state index >= 15 is 0 Å². The summed E-state index contributed by atoms with van der Waals surface area (Å²) < 4.78 is 5.36. The maximum atomic E-state index is 5.36. The first-order valence-corrected chi connectivity index (χ1v) is 6.40. The quantitative estimate of drug-likeness (QED) is 0.836. The molecule has 1 aromatic heterocycles. The highest BCUT2D eigenvalue weighted by Gasteiger charge is 2.22. The molecular weight excluding hydrogens is 224 g/mol. The normalized spacial score (nSPS) is 18.2. The van der Waals surface area contributed by atoms with Crippen LogP contribution in [0.3, 0.4) is 0 Å². The Hall–Kier alpha value is -1.58. The van der Waals surface area contributed by atoms with Gasteiger partial charge in [0.05, 0.1) is 12.8 Å². The van der Waals surface area contributed by atoms with E-state index in [1.54, 1.807) is 6.26 Å². The molecule has 1 aromatic carbocycles. The molecule has 0 saturated carbocycles. The molecule has 0 fully saturated rings. The van der Waals surface area contributed by atoms with Crippen LogP contribution in [-0.4, -0.2) is 12.1 Å². The van der Waals surface area contributed by atoms with Crippen molar-refractivity contribution in [3.05, 3.63) is 59.5 Å². The molecule has 3 rings (SSSR count). The van der Waals surface area contributed by atoms with Gasteiger partial charge in [-0.15, -0.1) is 0 Å². The molecule has 94 valence electrons. The van der Waals surface area contributed by atoms with Crippen LogP contribution in [0.2, 0.25) is 0 Å². The Balaban J connectivity index is 1.64. The van der Waals surface area contributed by atoms with Crippen molar-refractivity contribution >= 4 is 0 Å². The molecule has 1 atom stereocenters. The summed E-state index contributed by atoms with van der Waals surface area (Å²) in [5.41, 5.74) is 6.45. The summed E-state index contributed by atoms with van der Waals surface area (Å²) >= 11 is 0. The number of benzene rings is 1. The average Bonchev–Trinajstić information content (AvgIpc) is 3.00. The number of nitrogens with zero attached hydrogens (tertiary/aromatic N) is 1. The Bertz CT molecular complexity index is 507. The molecule has 3 heteroatoms. The van der Waals surface area contributed by atoms with Gasteiger partial charge in [0.25, 0.3) is 0 Å². The summed E-state index contributed by atoms with van der Waals surface area (Å²) in [6, 6.07) is 13.0. The lowest BCUT2D eigenvalue weighted by atomic mass is 10.1. The zero-order valence-electron chi connectivity index (χ0n) is 10.6. The first-order valence-electron chi connectivity index (χ1n) is 6.40. The molecule has 1 heterocycles. The molecule has 0 saturated heterocycles. The fraction of sp³-hybridized carbons (Fsp3) is 0.333. The van der Waals surface area contributed by atoms with Crippen molar-refractivity contribution in [1.29, 1.82) is 0 Å². The number of rotatable bonds is 4. The van der Waals surface area contributed by atoms with Gasteiger partial charge in [0, 0.05) is 13.1 Å². The molecule has 0 aliphatic heterocycles. The summed E-state index contributed by atoms with van der Waals surface area (Å²) in [6.07, 6.45) is 4.05. The van der Waals surface area contributed by atoms with E-state index in [2.05, 4.69) is 41.7 Å². The molecule has 0 radical (unpaired) electrons. The minimum Gasteiger partial charge on any atom is -0.468 e. The van der Waals surface area contributed by atoms with Gasteiger partial charge in [0.15, 0.2) is 0 Å². The fourth-order valence-electron chi connectivity index (χ4n) is 2.64. The minimum atomic E-state index is 0.432. The van der Waals surface area contributed by atoms with Crippen LogP contribution in [0.15, 0.2) is 47.1 Å². The number of hydrogen-bond donors (Lipinski definition) is 1. The van der Waals surface area contributed by atoms with Gasteiger partial charge in [-0.05, 0) is 36.1 Å². The van der Waals surface area contributed by atoms with E-state index in [1.807, 2.05) is 12.1 Å². The van der Waals surface area contributed by atoms with Crippen molar-refractivity contribution in [3.8, 4) is 0 Å².